The first-order valence-electron chi connectivity index (χ1n) is 11.5. The van der Waals surface area contributed by atoms with Gasteiger partial charge in [-0.3, -0.25) is 9.59 Å². The first-order valence-corrected chi connectivity index (χ1v) is 12.9. The van der Waals surface area contributed by atoms with Gasteiger partial charge in [-0.2, -0.15) is 0 Å². The molecule has 0 aromatic heterocycles. The molecule has 0 unspecified atom stereocenters. The molecule has 1 fully saturated rings. The average Bonchev–Trinajstić information content (AvgIpc) is 2.84. The van der Waals surface area contributed by atoms with Gasteiger partial charge < -0.3 is 10.6 Å². The SMILES string of the molecule is C[C@H](NC(=O)C1CCC(CNS(=O)(=O)c2ccccc2)CC1)C(=O)N[C@@H](C)c1ccccc1. The van der Waals surface area contributed by atoms with E-state index in [1.165, 1.54) is 0 Å². The molecular weight excluding hydrogens is 438 g/mol. The fourth-order valence-electron chi connectivity index (χ4n) is 4.10. The zero-order valence-corrected chi connectivity index (χ0v) is 20.0. The third-order valence-corrected chi connectivity index (χ3v) is 7.68. The molecule has 2 aromatic carbocycles. The quantitative estimate of drug-likeness (QED) is 0.523. The normalized spacial score (nSPS) is 20.4. The summed E-state index contributed by atoms with van der Waals surface area (Å²) >= 11 is 0. The maximum absolute atomic E-state index is 12.7. The van der Waals surface area contributed by atoms with Crippen molar-refractivity contribution in [2.24, 2.45) is 11.8 Å². The Balaban J connectivity index is 1.41. The van der Waals surface area contributed by atoms with Crippen LogP contribution in [0.25, 0.3) is 0 Å². The van der Waals surface area contributed by atoms with Crippen LogP contribution in [-0.4, -0.2) is 32.8 Å². The number of carbonyl (C=O) groups excluding carboxylic acids is 2. The lowest BCUT2D eigenvalue weighted by atomic mass is 9.81. The highest BCUT2D eigenvalue weighted by Gasteiger charge is 2.29. The summed E-state index contributed by atoms with van der Waals surface area (Å²) in [5, 5.41) is 5.77. The predicted molar refractivity (Wildman–Crippen MR) is 128 cm³/mol. The number of benzene rings is 2. The molecule has 3 rings (SSSR count). The Hall–Kier alpha value is -2.71. The molecule has 1 saturated carbocycles. The fourth-order valence-corrected chi connectivity index (χ4v) is 5.24. The van der Waals surface area contributed by atoms with Crippen molar-refractivity contribution in [2.45, 2.75) is 56.5 Å². The van der Waals surface area contributed by atoms with E-state index in [1.54, 1.807) is 37.3 Å². The molecule has 0 heterocycles. The molecule has 2 aromatic rings. The lowest BCUT2D eigenvalue weighted by molar-refractivity contribution is -0.131. The van der Waals surface area contributed by atoms with Gasteiger partial charge in [0, 0.05) is 12.5 Å². The van der Waals surface area contributed by atoms with Gasteiger partial charge in [-0.15, -0.1) is 0 Å². The summed E-state index contributed by atoms with van der Waals surface area (Å²) in [6.07, 6.45) is 2.89. The van der Waals surface area contributed by atoms with Crippen LogP contribution in [0.15, 0.2) is 65.6 Å². The molecule has 0 spiro atoms. The van der Waals surface area contributed by atoms with Crippen LogP contribution in [0.3, 0.4) is 0 Å². The summed E-state index contributed by atoms with van der Waals surface area (Å²) in [4.78, 5) is 25.4. The highest BCUT2D eigenvalue weighted by molar-refractivity contribution is 7.89. The Kier molecular flexibility index (Phi) is 8.63. The monoisotopic (exact) mass is 471 g/mol. The molecule has 2 atom stereocenters. The number of carbonyl (C=O) groups is 2. The lowest BCUT2D eigenvalue weighted by Crippen LogP contribution is -2.47. The molecule has 178 valence electrons. The van der Waals surface area contributed by atoms with Crippen molar-refractivity contribution in [3.63, 3.8) is 0 Å². The highest BCUT2D eigenvalue weighted by atomic mass is 32.2. The second-order valence-corrected chi connectivity index (χ2v) is 10.5. The van der Waals surface area contributed by atoms with Crippen molar-refractivity contribution < 1.29 is 18.0 Å². The molecule has 33 heavy (non-hydrogen) atoms. The summed E-state index contributed by atoms with van der Waals surface area (Å²) in [7, 11) is -3.52. The van der Waals surface area contributed by atoms with Crippen LogP contribution in [0, 0.1) is 11.8 Å². The van der Waals surface area contributed by atoms with Gasteiger partial charge in [-0.25, -0.2) is 13.1 Å². The van der Waals surface area contributed by atoms with Crippen LogP contribution in [0.1, 0.15) is 51.1 Å². The molecule has 1 aliphatic rings. The third-order valence-electron chi connectivity index (χ3n) is 6.24. The van der Waals surface area contributed by atoms with Crippen molar-refractivity contribution in [3.8, 4) is 0 Å². The third kappa shape index (κ3) is 7.14. The van der Waals surface area contributed by atoms with Crippen molar-refractivity contribution >= 4 is 21.8 Å². The summed E-state index contributed by atoms with van der Waals surface area (Å²) in [5.41, 5.74) is 1.01. The molecule has 8 heteroatoms. The summed E-state index contributed by atoms with van der Waals surface area (Å²) in [5.74, 6) is -0.300. The zero-order chi connectivity index (χ0) is 23.8. The molecule has 1 aliphatic carbocycles. The Labute approximate surface area is 196 Å². The van der Waals surface area contributed by atoms with Gasteiger partial charge in [-0.05, 0) is 63.1 Å². The molecule has 3 N–H and O–H groups in total. The number of hydrogen-bond donors (Lipinski definition) is 3. The van der Waals surface area contributed by atoms with E-state index in [0.29, 0.717) is 19.4 Å². The second-order valence-electron chi connectivity index (χ2n) is 8.75. The Morgan fingerprint density at radius 1 is 0.879 bits per heavy atom. The molecule has 0 radical (unpaired) electrons. The highest BCUT2D eigenvalue weighted by Crippen LogP contribution is 2.29. The van der Waals surface area contributed by atoms with Crippen molar-refractivity contribution in [2.75, 3.05) is 6.54 Å². The van der Waals surface area contributed by atoms with E-state index < -0.39 is 16.1 Å². The number of hydrogen-bond acceptors (Lipinski definition) is 4. The number of rotatable bonds is 9. The van der Waals surface area contributed by atoms with Crippen LogP contribution in [0.2, 0.25) is 0 Å². The van der Waals surface area contributed by atoms with E-state index in [1.807, 2.05) is 37.3 Å². The van der Waals surface area contributed by atoms with Gasteiger partial charge in [-0.1, -0.05) is 48.5 Å². The molecular formula is C25H33N3O4S. The van der Waals surface area contributed by atoms with Crippen LogP contribution in [0.4, 0.5) is 0 Å². The van der Waals surface area contributed by atoms with Gasteiger partial charge in [0.05, 0.1) is 10.9 Å². The van der Waals surface area contributed by atoms with E-state index >= 15 is 0 Å². The van der Waals surface area contributed by atoms with E-state index in [0.717, 1.165) is 18.4 Å². The topological polar surface area (TPSA) is 104 Å². The first kappa shape index (κ1) is 24.9. The Bertz CT molecular complexity index is 1020. The van der Waals surface area contributed by atoms with Crippen LogP contribution in [0.5, 0.6) is 0 Å². The largest absolute Gasteiger partial charge is 0.348 e. The molecule has 2 amide bonds. The first-order chi connectivity index (χ1) is 15.8. The maximum atomic E-state index is 12.7. The molecule has 0 bridgehead atoms. The minimum atomic E-state index is -3.52. The fraction of sp³-hybridized carbons (Fsp3) is 0.440. The Morgan fingerprint density at radius 3 is 2.06 bits per heavy atom. The number of amides is 2. The summed E-state index contributed by atoms with van der Waals surface area (Å²) < 4.78 is 27.5. The zero-order valence-electron chi connectivity index (χ0n) is 19.2. The van der Waals surface area contributed by atoms with Crippen molar-refractivity contribution in [1.82, 2.24) is 15.4 Å². The van der Waals surface area contributed by atoms with Crippen LogP contribution < -0.4 is 15.4 Å². The minimum absolute atomic E-state index is 0.117. The smallest absolute Gasteiger partial charge is 0.242 e. The number of nitrogens with one attached hydrogen (secondary N) is 3. The minimum Gasteiger partial charge on any atom is -0.348 e. The summed E-state index contributed by atoms with van der Waals surface area (Å²) in [6, 6.07) is 17.2. The second kappa shape index (κ2) is 11.4. The molecule has 0 saturated heterocycles. The van der Waals surface area contributed by atoms with Gasteiger partial charge in [0.1, 0.15) is 6.04 Å². The number of sulfonamides is 1. The maximum Gasteiger partial charge on any atom is 0.242 e. The van der Waals surface area contributed by atoms with Gasteiger partial charge >= 0.3 is 0 Å². The summed E-state index contributed by atoms with van der Waals surface area (Å²) in [6.45, 7) is 3.96. The van der Waals surface area contributed by atoms with E-state index in [2.05, 4.69) is 15.4 Å². The average molecular weight is 472 g/mol. The van der Waals surface area contributed by atoms with Crippen LogP contribution in [-0.2, 0) is 19.6 Å². The molecule has 0 aliphatic heterocycles. The van der Waals surface area contributed by atoms with E-state index in [9.17, 15) is 18.0 Å². The van der Waals surface area contributed by atoms with E-state index in [4.69, 9.17) is 0 Å². The Morgan fingerprint density at radius 2 is 1.45 bits per heavy atom. The standard InChI is InChI=1S/C25H33N3O4S/c1-18(21-9-5-3-6-10-21)27-24(29)19(2)28-25(30)22-15-13-20(14-16-22)17-26-33(31,32)23-11-7-4-8-12-23/h3-12,18-20,22,26H,13-17H2,1-2H3,(H,27,29)(H,28,30)/t18-,19-,20?,22?/m0/s1. The van der Waals surface area contributed by atoms with Crippen LogP contribution >= 0.6 is 0 Å². The predicted octanol–water partition coefficient (Wildman–Crippen LogP) is 3.15. The van der Waals surface area contributed by atoms with Gasteiger partial charge in [0.25, 0.3) is 0 Å². The van der Waals surface area contributed by atoms with E-state index in [-0.39, 0.29) is 34.6 Å². The molecule has 7 nitrogen and oxygen atoms in total. The van der Waals surface area contributed by atoms with Gasteiger partial charge in [0.2, 0.25) is 21.8 Å². The lowest BCUT2D eigenvalue weighted by Gasteiger charge is -2.29. The van der Waals surface area contributed by atoms with Crippen molar-refractivity contribution in [1.29, 1.82) is 0 Å². The van der Waals surface area contributed by atoms with Crippen molar-refractivity contribution in [3.05, 3.63) is 66.2 Å². The van der Waals surface area contributed by atoms with Gasteiger partial charge in [0.15, 0.2) is 0 Å².